The maximum Gasteiger partial charge on any atom is 0.416 e. The molecule has 3 N–H and O–H groups in total. The molecule has 11 heteroatoms. The van der Waals surface area contributed by atoms with Crippen LogP contribution in [0.25, 0.3) is 0 Å². The Bertz CT molecular complexity index is 944. The van der Waals surface area contributed by atoms with Crippen molar-refractivity contribution in [1.82, 2.24) is 10.6 Å². The largest absolute Gasteiger partial charge is 0.416 e. The van der Waals surface area contributed by atoms with E-state index in [-0.39, 0.29) is 29.6 Å². The molecule has 1 aromatic carbocycles. The molecule has 2 unspecified atom stereocenters. The highest BCUT2D eigenvalue weighted by atomic mass is 19.4. The summed E-state index contributed by atoms with van der Waals surface area (Å²) in [5.74, 6) is -0.233. The van der Waals surface area contributed by atoms with Crippen molar-refractivity contribution in [1.29, 1.82) is 0 Å². The van der Waals surface area contributed by atoms with E-state index in [1.807, 2.05) is 0 Å². The number of hydrogen-bond donors (Lipinski definition) is 3. The Labute approximate surface area is 212 Å². The highest BCUT2D eigenvalue weighted by Gasteiger charge is 2.59. The Morgan fingerprint density at radius 1 is 1.03 bits per heavy atom. The molecule has 5 nitrogen and oxygen atoms in total. The lowest BCUT2D eigenvalue weighted by molar-refractivity contribution is -0.150. The summed E-state index contributed by atoms with van der Waals surface area (Å²) in [6, 6.07) is 1.49. The first-order valence-electron chi connectivity index (χ1n) is 12.9. The number of carbonyl (C=O) groups is 1. The van der Waals surface area contributed by atoms with Crippen molar-refractivity contribution in [3.05, 3.63) is 34.9 Å². The lowest BCUT2D eigenvalue weighted by Crippen LogP contribution is -2.55. The van der Waals surface area contributed by atoms with Crippen molar-refractivity contribution in [2.45, 2.75) is 94.9 Å². The molecule has 0 aromatic heterocycles. The minimum absolute atomic E-state index is 0.0358. The molecule has 1 aromatic rings. The van der Waals surface area contributed by atoms with Gasteiger partial charge in [0.15, 0.2) is 0 Å². The van der Waals surface area contributed by atoms with Crippen molar-refractivity contribution in [3.8, 4) is 0 Å². The van der Waals surface area contributed by atoms with Gasteiger partial charge in [-0.25, -0.2) is 0 Å². The summed E-state index contributed by atoms with van der Waals surface area (Å²) in [5.41, 5.74) is -5.57. The van der Waals surface area contributed by atoms with Crippen molar-refractivity contribution in [3.63, 3.8) is 0 Å². The van der Waals surface area contributed by atoms with Gasteiger partial charge in [0.2, 0.25) is 5.91 Å². The number of halogens is 6. The highest BCUT2D eigenvalue weighted by Crippen LogP contribution is 2.53. The molecule has 208 valence electrons. The molecule has 1 heterocycles. The van der Waals surface area contributed by atoms with Crippen LogP contribution in [-0.4, -0.2) is 41.9 Å². The monoisotopic (exact) mass is 536 g/mol. The molecule has 37 heavy (non-hydrogen) atoms. The Kier molecular flexibility index (Phi) is 7.90. The molecule has 1 amide bonds. The third-order valence-electron chi connectivity index (χ3n) is 8.46. The van der Waals surface area contributed by atoms with Crippen molar-refractivity contribution < 1.29 is 41.0 Å². The summed E-state index contributed by atoms with van der Waals surface area (Å²) in [5, 5.41) is 17.8. The molecule has 1 aliphatic heterocycles. The van der Waals surface area contributed by atoms with E-state index >= 15 is 0 Å². The van der Waals surface area contributed by atoms with Gasteiger partial charge in [-0.05, 0) is 68.2 Å². The fourth-order valence-electron chi connectivity index (χ4n) is 6.37. The van der Waals surface area contributed by atoms with Crippen LogP contribution in [-0.2, 0) is 28.4 Å². The number of hydrogen-bond acceptors (Lipinski definition) is 4. The smallest absolute Gasteiger partial charge is 0.389 e. The Morgan fingerprint density at radius 2 is 1.65 bits per heavy atom. The lowest BCUT2D eigenvalue weighted by atomic mass is 9.68. The highest BCUT2D eigenvalue weighted by molar-refractivity contribution is 5.84. The average Bonchev–Trinajstić information content (AvgIpc) is 3.46. The van der Waals surface area contributed by atoms with Gasteiger partial charge in [-0.1, -0.05) is 19.8 Å². The van der Waals surface area contributed by atoms with E-state index in [1.54, 1.807) is 0 Å². The van der Waals surface area contributed by atoms with Crippen LogP contribution in [0.4, 0.5) is 26.3 Å². The number of ether oxygens (including phenoxy) is 1. The molecular formula is C26H34F6N2O3. The van der Waals surface area contributed by atoms with Crippen LogP contribution in [0.1, 0.15) is 75.0 Å². The van der Waals surface area contributed by atoms with Crippen molar-refractivity contribution in [2.75, 3.05) is 13.2 Å². The van der Waals surface area contributed by atoms with E-state index in [9.17, 15) is 36.2 Å². The molecule has 4 atom stereocenters. The number of nitrogens with one attached hydrogen (secondary N) is 2. The zero-order chi connectivity index (χ0) is 27.1. The van der Waals surface area contributed by atoms with Crippen molar-refractivity contribution in [2.24, 2.45) is 11.3 Å². The fourth-order valence-corrected chi connectivity index (χ4v) is 6.37. The molecule has 0 radical (unpaired) electrons. The number of rotatable bonds is 6. The standard InChI is InChI=1S/C26H34F6N2O3/c1-16-15-37-9-5-21(16)34-20-4-8-23(13-20,24(36)6-2-3-7-24)22(35)33-14-17-10-18(25(27,28)29)12-19(11-17)26(30,31)32/h10-12,16,20-21,34,36H,2-9,13-15H2,1H3,(H,33,35)/t16?,20-,21?,23-/m1/s1. The van der Waals surface area contributed by atoms with Gasteiger partial charge in [0.05, 0.1) is 28.7 Å². The summed E-state index contributed by atoms with van der Waals surface area (Å²) in [6.45, 7) is 2.86. The molecule has 0 bridgehead atoms. The second-order valence-electron chi connectivity index (χ2n) is 11.0. The van der Waals surface area contributed by atoms with Crippen LogP contribution in [0, 0.1) is 11.3 Å². The molecule has 3 aliphatic rings. The normalized spacial score (nSPS) is 30.4. The molecule has 0 spiro atoms. The zero-order valence-corrected chi connectivity index (χ0v) is 20.8. The first-order valence-corrected chi connectivity index (χ1v) is 12.9. The van der Waals surface area contributed by atoms with E-state index in [0.717, 1.165) is 19.3 Å². The third-order valence-corrected chi connectivity index (χ3v) is 8.46. The van der Waals surface area contributed by atoms with E-state index < -0.39 is 46.9 Å². The van der Waals surface area contributed by atoms with E-state index in [4.69, 9.17) is 4.74 Å². The van der Waals surface area contributed by atoms with E-state index in [2.05, 4.69) is 17.6 Å². The molecule has 2 saturated carbocycles. The zero-order valence-electron chi connectivity index (χ0n) is 20.8. The van der Waals surface area contributed by atoms with Crippen LogP contribution >= 0.6 is 0 Å². The molecule has 3 fully saturated rings. The topological polar surface area (TPSA) is 70.6 Å². The second kappa shape index (κ2) is 10.4. The SMILES string of the molecule is CC1COCCC1N[C@@H]1CC[C@@](C(=O)NCc2cc(C(F)(F)F)cc(C(F)(F)F)c2)(C2(O)CCCC2)C1. The number of amides is 1. The van der Waals surface area contributed by atoms with Gasteiger partial charge in [-0.15, -0.1) is 0 Å². The van der Waals surface area contributed by atoms with Gasteiger partial charge in [-0.3, -0.25) is 4.79 Å². The maximum atomic E-state index is 13.6. The molecule has 4 rings (SSSR count). The second-order valence-corrected chi connectivity index (χ2v) is 11.0. The van der Waals surface area contributed by atoms with Crippen LogP contribution in [0.15, 0.2) is 18.2 Å². The fraction of sp³-hybridized carbons (Fsp3) is 0.731. The van der Waals surface area contributed by atoms with Gasteiger partial charge in [0.25, 0.3) is 0 Å². The maximum absolute atomic E-state index is 13.6. The molecule has 1 saturated heterocycles. The van der Waals surface area contributed by atoms with Gasteiger partial charge < -0.3 is 20.5 Å². The van der Waals surface area contributed by atoms with Gasteiger partial charge in [0.1, 0.15) is 0 Å². The minimum Gasteiger partial charge on any atom is -0.389 e. The minimum atomic E-state index is -4.97. The third kappa shape index (κ3) is 5.93. The number of aliphatic hydroxyl groups is 1. The first-order chi connectivity index (χ1) is 17.2. The summed E-state index contributed by atoms with van der Waals surface area (Å²) < 4.78 is 85.0. The average molecular weight is 537 g/mol. The lowest BCUT2D eigenvalue weighted by Gasteiger charge is -2.42. The number of benzene rings is 1. The summed E-state index contributed by atoms with van der Waals surface area (Å²) in [6.07, 6.45) is -5.34. The number of carbonyl (C=O) groups excluding carboxylic acids is 1. The Morgan fingerprint density at radius 3 is 2.22 bits per heavy atom. The summed E-state index contributed by atoms with van der Waals surface area (Å²) in [4.78, 5) is 13.6. The van der Waals surface area contributed by atoms with Crippen molar-refractivity contribution >= 4 is 5.91 Å². The van der Waals surface area contributed by atoms with Crippen LogP contribution in [0.5, 0.6) is 0 Å². The number of alkyl halides is 6. The summed E-state index contributed by atoms with van der Waals surface area (Å²) >= 11 is 0. The summed E-state index contributed by atoms with van der Waals surface area (Å²) in [7, 11) is 0. The van der Waals surface area contributed by atoms with Crippen LogP contribution < -0.4 is 10.6 Å². The van der Waals surface area contributed by atoms with E-state index in [0.29, 0.717) is 57.5 Å². The van der Waals surface area contributed by atoms with Crippen LogP contribution in [0.2, 0.25) is 0 Å². The first kappa shape index (κ1) is 28.2. The van der Waals surface area contributed by atoms with Gasteiger partial charge in [0, 0.05) is 25.2 Å². The van der Waals surface area contributed by atoms with Gasteiger partial charge >= 0.3 is 12.4 Å². The predicted octanol–water partition coefficient (Wildman–Crippen LogP) is 5.20. The van der Waals surface area contributed by atoms with Gasteiger partial charge in [-0.2, -0.15) is 26.3 Å². The predicted molar refractivity (Wildman–Crippen MR) is 123 cm³/mol. The quantitative estimate of drug-likeness (QED) is 0.438. The van der Waals surface area contributed by atoms with E-state index in [1.165, 1.54) is 0 Å². The Hall–Kier alpha value is -1.85. The molecule has 2 aliphatic carbocycles. The molecular weight excluding hydrogens is 502 g/mol. The Balaban J connectivity index is 1.54. The van der Waals surface area contributed by atoms with Crippen LogP contribution in [0.3, 0.4) is 0 Å².